The topological polar surface area (TPSA) is 22.1 Å². The average Bonchev–Trinajstić information content (AvgIpc) is 2.47. The predicted molar refractivity (Wildman–Crippen MR) is 108 cm³/mol. The number of fused-ring (bicyclic) bond motifs is 1. The van der Waals surface area contributed by atoms with E-state index in [9.17, 15) is 0 Å². The molecule has 0 N–H and O–H groups in total. The molecule has 0 unspecified atom stereocenters. The van der Waals surface area contributed by atoms with E-state index in [4.69, 9.17) is 16.0 Å². The first-order valence-corrected chi connectivity index (χ1v) is 11.9. The Balaban J connectivity index is 2.52. The van der Waals surface area contributed by atoms with Crippen LogP contribution in [0.5, 0.6) is 0 Å². The van der Waals surface area contributed by atoms with Crippen molar-refractivity contribution in [3.63, 3.8) is 0 Å². The first kappa shape index (κ1) is 19.4. The highest BCUT2D eigenvalue weighted by Crippen LogP contribution is 2.38. The van der Waals surface area contributed by atoms with Crippen LogP contribution in [-0.2, 0) is 11.0 Å². The molecule has 0 saturated carbocycles. The lowest BCUT2D eigenvalue weighted by Gasteiger charge is -2.36. The minimum Gasteiger partial charge on any atom is -0.412 e. The van der Waals surface area contributed by atoms with Crippen LogP contribution in [0.3, 0.4) is 0 Å². The Bertz CT molecular complexity index is 747. The van der Waals surface area contributed by atoms with E-state index >= 15 is 0 Å². The molecule has 0 atom stereocenters. The third kappa shape index (κ3) is 3.68. The monoisotopic (exact) mass is 363 g/mol. The zero-order valence-corrected chi connectivity index (χ0v) is 18.0. The van der Waals surface area contributed by atoms with Gasteiger partial charge in [-0.15, -0.1) is 0 Å². The quantitative estimate of drug-likeness (QED) is 0.554. The molecular formula is C20H30ClNOSi. The molecule has 2 aromatic rings. The maximum absolute atomic E-state index is 6.46. The van der Waals surface area contributed by atoms with Crippen LogP contribution in [0.25, 0.3) is 10.9 Å². The van der Waals surface area contributed by atoms with Gasteiger partial charge in [0.25, 0.3) is 0 Å². The maximum atomic E-state index is 6.46. The molecule has 24 heavy (non-hydrogen) atoms. The molecule has 0 fully saturated rings. The second kappa shape index (κ2) is 6.78. The van der Waals surface area contributed by atoms with Crippen molar-refractivity contribution in [2.45, 2.75) is 72.2 Å². The summed E-state index contributed by atoms with van der Waals surface area (Å²) < 4.78 is 6.46. The number of pyridine rings is 1. The first-order valence-electron chi connectivity index (χ1n) is 8.66. The lowest BCUT2D eigenvalue weighted by molar-refractivity contribution is 0.275. The van der Waals surface area contributed by atoms with Gasteiger partial charge >= 0.3 is 0 Å². The highest BCUT2D eigenvalue weighted by atomic mass is 35.5. The molecule has 0 saturated heterocycles. The van der Waals surface area contributed by atoms with Crippen molar-refractivity contribution in [1.82, 2.24) is 4.98 Å². The van der Waals surface area contributed by atoms with E-state index in [1.54, 1.807) is 0 Å². The summed E-state index contributed by atoms with van der Waals surface area (Å²) in [5, 5.41) is 2.19. The van der Waals surface area contributed by atoms with E-state index in [1.165, 1.54) is 16.5 Å². The molecule has 0 aliphatic rings. The van der Waals surface area contributed by atoms with Gasteiger partial charge in [0, 0.05) is 16.6 Å². The molecule has 1 aromatic heterocycles. The lowest BCUT2D eigenvalue weighted by atomic mass is 9.92. The molecule has 0 aliphatic carbocycles. The molecule has 1 heterocycles. The van der Waals surface area contributed by atoms with Crippen molar-refractivity contribution in [3.8, 4) is 0 Å². The fraction of sp³-hybridized carbons (Fsp3) is 0.550. The summed E-state index contributed by atoms with van der Waals surface area (Å²) in [5.41, 5.74) is 4.63. The van der Waals surface area contributed by atoms with Gasteiger partial charge in [-0.05, 0) is 59.8 Å². The van der Waals surface area contributed by atoms with Crippen LogP contribution >= 0.6 is 11.6 Å². The molecule has 0 spiro atoms. The SMILES string of the molecule is Cc1c(Cl)ccc2ncc(CO[Si](C)(C)C(C)(C)C)c(C(C)C)c12. The van der Waals surface area contributed by atoms with Crippen LogP contribution in [0, 0.1) is 6.92 Å². The highest BCUT2D eigenvalue weighted by molar-refractivity contribution is 6.74. The molecule has 1 aromatic carbocycles. The third-order valence-corrected chi connectivity index (χ3v) is 10.2. The van der Waals surface area contributed by atoms with E-state index in [0.29, 0.717) is 12.5 Å². The van der Waals surface area contributed by atoms with Gasteiger partial charge < -0.3 is 4.43 Å². The summed E-state index contributed by atoms with van der Waals surface area (Å²) in [6.45, 7) is 18.5. The Morgan fingerprint density at radius 1 is 1.21 bits per heavy atom. The molecule has 4 heteroatoms. The van der Waals surface area contributed by atoms with Crippen LogP contribution in [0.2, 0.25) is 23.2 Å². The fourth-order valence-corrected chi connectivity index (χ4v) is 3.85. The second-order valence-corrected chi connectivity index (χ2v) is 13.7. The number of halogens is 1. The zero-order chi connectivity index (χ0) is 18.3. The van der Waals surface area contributed by atoms with Crippen LogP contribution < -0.4 is 0 Å². The van der Waals surface area contributed by atoms with Gasteiger partial charge in [0.15, 0.2) is 8.32 Å². The van der Waals surface area contributed by atoms with Gasteiger partial charge in [0.05, 0.1) is 12.1 Å². The second-order valence-electron chi connectivity index (χ2n) is 8.47. The molecular weight excluding hydrogens is 334 g/mol. The van der Waals surface area contributed by atoms with Crippen LogP contribution in [0.1, 0.15) is 57.2 Å². The summed E-state index contributed by atoms with van der Waals surface area (Å²) in [6.07, 6.45) is 1.98. The molecule has 2 rings (SSSR count). The van der Waals surface area contributed by atoms with Gasteiger partial charge in [-0.2, -0.15) is 0 Å². The largest absolute Gasteiger partial charge is 0.412 e. The summed E-state index contributed by atoms with van der Waals surface area (Å²) in [5.74, 6) is 0.394. The van der Waals surface area contributed by atoms with E-state index in [0.717, 1.165) is 16.1 Å². The number of nitrogens with zero attached hydrogens (tertiary/aromatic N) is 1. The van der Waals surface area contributed by atoms with Crippen molar-refractivity contribution in [3.05, 3.63) is 40.0 Å². The molecule has 2 nitrogen and oxygen atoms in total. The van der Waals surface area contributed by atoms with Crippen molar-refractivity contribution >= 4 is 30.8 Å². The minimum atomic E-state index is -1.79. The summed E-state index contributed by atoms with van der Waals surface area (Å²) >= 11 is 6.37. The molecule has 0 aliphatic heterocycles. The van der Waals surface area contributed by atoms with E-state index in [1.807, 2.05) is 18.3 Å². The molecule has 0 amide bonds. The van der Waals surface area contributed by atoms with Gasteiger partial charge in [-0.25, -0.2) is 0 Å². The summed E-state index contributed by atoms with van der Waals surface area (Å²) in [6, 6.07) is 3.94. The Morgan fingerprint density at radius 3 is 2.38 bits per heavy atom. The van der Waals surface area contributed by atoms with Crippen LogP contribution in [-0.4, -0.2) is 13.3 Å². The smallest absolute Gasteiger partial charge is 0.192 e. The minimum absolute atomic E-state index is 0.203. The predicted octanol–water partition coefficient (Wildman–Crippen LogP) is 6.84. The average molecular weight is 364 g/mol. The Hall–Kier alpha value is -0.903. The molecule has 0 bridgehead atoms. The fourth-order valence-electron chi connectivity index (χ4n) is 2.75. The van der Waals surface area contributed by atoms with Crippen molar-refractivity contribution in [1.29, 1.82) is 0 Å². The Morgan fingerprint density at radius 2 is 1.83 bits per heavy atom. The van der Waals surface area contributed by atoms with Crippen molar-refractivity contribution in [2.24, 2.45) is 0 Å². The third-order valence-electron chi connectivity index (χ3n) is 5.32. The summed E-state index contributed by atoms with van der Waals surface area (Å²) in [7, 11) is -1.79. The van der Waals surface area contributed by atoms with Gasteiger partial charge in [0.2, 0.25) is 0 Å². The number of benzene rings is 1. The van der Waals surface area contributed by atoms with Crippen molar-refractivity contribution < 1.29 is 4.43 Å². The van der Waals surface area contributed by atoms with Gasteiger partial charge in [-0.1, -0.05) is 46.2 Å². The highest BCUT2D eigenvalue weighted by Gasteiger charge is 2.37. The van der Waals surface area contributed by atoms with Gasteiger partial charge in [-0.3, -0.25) is 4.98 Å². The van der Waals surface area contributed by atoms with Crippen molar-refractivity contribution in [2.75, 3.05) is 0 Å². The van der Waals surface area contributed by atoms with E-state index in [2.05, 4.69) is 59.6 Å². The van der Waals surface area contributed by atoms with E-state index < -0.39 is 8.32 Å². The Labute approximate surface area is 152 Å². The summed E-state index contributed by atoms with van der Waals surface area (Å²) in [4.78, 5) is 4.67. The standard InChI is InChI=1S/C20H30ClNOSi/c1-13(2)18-15(12-23-24(7,8)20(4,5)6)11-22-17-10-9-16(21)14(3)19(17)18/h9-11,13H,12H2,1-8H3. The number of hydrogen-bond acceptors (Lipinski definition) is 2. The zero-order valence-electron chi connectivity index (χ0n) is 16.2. The van der Waals surface area contributed by atoms with Crippen LogP contribution in [0.15, 0.2) is 18.3 Å². The maximum Gasteiger partial charge on any atom is 0.192 e. The van der Waals surface area contributed by atoms with Gasteiger partial charge in [0.1, 0.15) is 0 Å². The normalized spacial score (nSPS) is 13.1. The number of rotatable bonds is 4. The molecule has 132 valence electrons. The first-order chi connectivity index (χ1) is 11.0. The molecule has 0 radical (unpaired) electrons. The number of aryl methyl sites for hydroxylation is 1. The van der Waals surface area contributed by atoms with Crippen LogP contribution in [0.4, 0.5) is 0 Å². The number of hydrogen-bond donors (Lipinski definition) is 0. The Kier molecular flexibility index (Phi) is 5.48. The number of aromatic nitrogens is 1. The van der Waals surface area contributed by atoms with E-state index in [-0.39, 0.29) is 5.04 Å². The lowest BCUT2D eigenvalue weighted by Crippen LogP contribution is -2.40.